The fraction of sp³-hybridized carbons (Fsp3) is 0.789. The number of allylic oxidation sites excluding steroid dienone is 2. The zero-order valence-corrected chi connectivity index (χ0v) is 12.0. The molecule has 0 saturated heterocycles. The Morgan fingerprint density at radius 1 is 0.842 bits per heavy atom. The van der Waals surface area contributed by atoms with E-state index in [1.165, 1.54) is 56.9 Å². The van der Waals surface area contributed by atoms with E-state index >= 15 is 0 Å². The Kier molecular flexibility index (Phi) is 2.98. The zero-order valence-electron chi connectivity index (χ0n) is 12.0. The van der Waals surface area contributed by atoms with E-state index in [1.54, 1.807) is 6.42 Å². The number of terminal acetylenes is 1. The largest absolute Gasteiger partial charge is 0.115 e. The lowest BCUT2D eigenvalue weighted by Crippen LogP contribution is -2.43. The minimum absolute atomic E-state index is 0.770. The van der Waals surface area contributed by atoms with Gasteiger partial charge in [-0.2, -0.15) is 0 Å². The molecule has 0 heteroatoms. The molecule has 6 atom stereocenters. The molecule has 102 valence electrons. The second kappa shape index (κ2) is 4.69. The summed E-state index contributed by atoms with van der Waals surface area (Å²) in [6.07, 6.45) is 21.4. The van der Waals surface area contributed by atoms with Crippen molar-refractivity contribution in [1.29, 1.82) is 0 Å². The molecule has 0 aromatic rings. The van der Waals surface area contributed by atoms with Gasteiger partial charge in [0.15, 0.2) is 0 Å². The van der Waals surface area contributed by atoms with Crippen LogP contribution in [0, 0.1) is 47.9 Å². The second-order valence-electron chi connectivity index (χ2n) is 7.50. The van der Waals surface area contributed by atoms with Gasteiger partial charge in [0, 0.05) is 5.57 Å². The summed E-state index contributed by atoms with van der Waals surface area (Å²) in [7, 11) is 0. The molecule has 3 fully saturated rings. The van der Waals surface area contributed by atoms with Crippen LogP contribution in [0.5, 0.6) is 0 Å². The van der Waals surface area contributed by atoms with Crippen LogP contribution in [0.2, 0.25) is 0 Å². The molecule has 4 rings (SSSR count). The van der Waals surface area contributed by atoms with Gasteiger partial charge in [0.2, 0.25) is 0 Å². The molecular formula is C19H26. The summed E-state index contributed by atoms with van der Waals surface area (Å²) in [6.45, 7) is 0. The SMILES string of the molecule is C#CC1=CC[C@H]2[C@@H]3CCC4CCCC[C@@H]4[C@H]3CC[C@H]12. The van der Waals surface area contributed by atoms with Crippen molar-refractivity contribution in [2.24, 2.45) is 35.5 Å². The molecule has 0 aliphatic heterocycles. The van der Waals surface area contributed by atoms with E-state index in [9.17, 15) is 0 Å². The van der Waals surface area contributed by atoms with Crippen molar-refractivity contribution in [1.82, 2.24) is 0 Å². The topological polar surface area (TPSA) is 0 Å². The average Bonchev–Trinajstić information content (AvgIpc) is 2.90. The van der Waals surface area contributed by atoms with Crippen LogP contribution in [-0.2, 0) is 0 Å². The standard InChI is InChI=1S/C19H26/c1-2-13-7-9-17-16(13)11-12-18-15-6-4-3-5-14(15)8-10-19(17)18/h1,7,14-19H,3-6,8-12H2/t14?,15-,16+,17+,18+,19-/m0/s1. The first-order valence-electron chi connectivity index (χ1n) is 8.55. The van der Waals surface area contributed by atoms with E-state index in [2.05, 4.69) is 12.0 Å². The molecule has 0 aromatic carbocycles. The first-order chi connectivity index (χ1) is 9.38. The van der Waals surface area contributed by atoms with Gasteiger partial charge in [0.05, 0.1) is 0 Å². The molecule has 3 saturated carbocycles. The van der Waals surface area contributed by atoms with Gasteiger partial charge in [0.25, 0.3) is 0 Å². The maximum absolute atomic E-state index is 5.70. The normalized spacial score (nSPS) is 48.5. The summed E-state index contributed by atoms with van der Waals surface area (Å²) in [5, 5.41) is 0. The van der Waals surface area contributed by atoms with Crippen molar-refractivity contribution in [2.75, 3.05) is 0 Å². The van der Waals surface area contributed by atoms with E-state index in [0.29, 0.717) is 0 Å². The average molecular weight is 254 g/mol. The van der Waals surface area contributed by atoms with Gasteiger partial charge >= 0.3 is 0 Å². The Bertz CT molecular complexity index is 424. The first-order valence-corrected chi connectivity index (χ1v) is 8.55. The van der Waals surface area contributed by atoms with Crippen LogP contribution >= 0.6 is 0 Å². The smallest absolute Gasteiger partial charge is 0.00118 e. The predicted octanol–water partition coefficient (Wildman–Crippen LogP) is 4.81. The number of hydrogen-bond donors (Lipinski definition) is 0. The lowest BCUT2D eigenvalue weighted by atomic mass is 9.53. The second-order valence-corrected chi connectivity index (χ2v) is 7.50. The highest BCUT2D eigenvalue weighted by molar-refractivity contribution is 5.33. The van der Waals surface area contributed by atoms with Crippen LogP contribution in [0.3, 0.4) is 0 Å². The molecule has 0 radical (unpaired) electrons. The van der Waals surface area contributed by atoms with Crippen LogP contribution in [0.25, 0.3) is 0 Å². The van der Waals surface area contributed by atoms with Crippen molar-refractivity contribution in [3.05, 3.63) is 11.6 Å². The number of rotatable bonds is 0. The van der Waals surface area contributed by atoms with Crippen LogP contribution in [0.15, 0.2) is 11.6 Å². The molecule has 0 aromatic heterocycles. The summed E-state index contributed by atoms with van der Waals surface area (Å²) < 4.78 is 0. The van der Waals surface area contributed by atoms with Gasteiger partial charge in [-0.15, -0.1) is 6.42 Å². The van der Waals surface area contributed by atoms with E-state index in [0.717, 1.165) is 35.5 Å². The van der Waals surface area contributed by atoms with E-state index in [1.807, 2.05) is 0 Å². The zero-order chi connectivity index (χ0) is 12.8. The summed E-state index contributed by atoms with van der Waals surface area (Å²) in [6, 6.07) is 0. The molecule has 0 bridgehead atoms. The maximum atomic E-state index is 5.70. The molecule has 0 heterocycles. The molecular weight excluding hydrogens is 228 g/mol. The Labute approximate surface area is 118 Å². The highest BCUT2D eigenvalue weighted by Gasteiger charge is 2.48. The third-order valence-corrected chi connectivity index (χ3v) is 6.99. The van der Waals surface area contributed by atoms with Crippen LogP contribution < -0.4 is 0 Å². The minimum atomic E-state index is 0.770. The van der Waals surface area contributed by atoms with Gasteiger partial charge in [-0.3, -0.25) is 0 Å². The summed E-state index contributed by atoms with van der Waals surface area (Å²) in [5.74, 6) is 8.92. The first kappa shape index (κ1) is 12.1. The Morgan fingerprint density at radius 2 is 1.63 bits per heavy atom. The Hall–Kier alpha value is -0.700. The molecule has 0 N–H and O–H groups in total. The summed E-state index contributed by atoms with van der Waals surface area (Å²) >= 11 is 0. The fourth-order valence-corrected chi connectivity index (χ4v) is 6.25. The molecule has 4 aliphatic carbocycles. The van der Waals surface area contributed by atoms with Crippen LogP contribution in [0.1, 0.15) is 57.8 Å². The predicted molar refractivity (Wildman–Crippen MR) is 79.4 cm³/mol. The van der Waals surface area contributed by atoms with Crippen molar-refractivity contribution in [2.45, 2.75) is 57.8 Å². The highest BCUT2D eigenvalue weighted by atomic mass is 14.5. The van der Waals surface area contributed by atoms with Crippen LogP contribution in [0.4, 0.5) is 0 Å². The molecule has 19 heavy (non-hydrogen) atoms. The number of fused-ring (bicyclic) bond motifs is 5. The maximum Gasteiger partial charge on any atom is 0.00118 e. The summed E-state index contributed by atoms with van der Waals surface area (Å²) in [5.41, 5.74) is 1.36. The quantitative estimate of drug-likeness (QED) is 0.544. The molecule has 4 aliphatic rings. The minimum Gasteiger partial charge on any atom is -0.115 e. The van der Waals surface area contributed by atoms with Crippen LogP contribution in [-0.4, -0.2) is 0 Å². The van der Waals surface area contributed by atoms with E-state index in [4.69, 9.17) is 6.42 Å². The van der Waals surface area contributed by atoms with Crippen molar-refractivity contribution in [3.63, 3.8) is 0 Å². The van der Waals surface area contributed by atoms with E-state index in [-0.39, 0.29) is 0 Å². The van der Waals surface area contributed by atoms with E-state index < -0.39 is 0 Å². The van der Waals surface area contributed by atoms with Crippen molar-refractivity contribution in [3.8, 4) is 12.3 Å². The molecule has 0 nitrogen and oxygen atoms in total. The van der Waals surface area contributed by atoms with Crippen molar-refractivity contribution >= 4 is 0 Å². The Balaban J connectivity index is 1.56. The third-order valence-electron chi connectivity index (χ3n) is 6.99. The third kappa shape index (κ3) is 1.81. The highest BCUT2D eigenvalue weighted by Crippen LogP contribution is 2.57. The lowest BCUT2D eigenvalue weighted by molar-refractivity contribution is -0.0148. The van der Waals surface area contributed by atoms with Gasteiger partial charge in [-0.05, 0) is 74.0 Å². The fourth-order valence-electron chi connectivity index (χ4n) is 6.25. The summed E-state index contributed by atoms with van der Waals surface area (Å²) in [4.78, 5) is 0. The molecule has 1 unspecified atom stereocenters. The lowest BCUT2D eigenvalue weighted by Gasteiger charge is -2.52. The van der Waals surface area contributed by atoms with Gasteiger partial charge in [0.1, 0.15) is 0 Å². The van der Waals surface area contributed by atoms with Gasteiger partial charge in [-0.1, -0.05) is 31.3 Å². The van der Waals surface area contributed by atoms with Crippen molar-refractivity contribution < 1.29 is 0 Å². The monoisotopic (exact) mass is 254 g/mol. The van der Waals surface area contributed by atoms with Gasteiger partial charge < -0.3 is 0 Å². The van der Waals surface area contributed by atoms with Gasteiger partial charge in [-0.25, -0.2) is 0 Å². The molecule has 0 amide bonds. The Morgan fingerprint density at radius 3 is 2.53 bits per heavy atom. The number of hydrogen-bond acceptors (Lipinski definition) is 0. The molecule has 0 spiro atoms.